The highest BCUT2D eigenvalue weighted by Gasteiger charge is 2.33. The van der Waals surface area contributed by atoms with Crippen LogP contribution in [0.5, 0.6) is 0 Å². The highest BCUT2D eigenvalue weighted by Crippen LogP contribution is 2.36. The molecule has 186 valence electrons. The lowest BCUT2D eigenvalue weighted by atomic mass is 9.97. The van der Waals surface area contributed by atoms with Crippen LogP contribution in [-0.4, -0.2) is 24.1 Å². The number of nitrogens with zero attached hydrogens (tertiary/aromatic N) is 1. The number of anilines is 1. The van der Waals surface area contributed by atoms with Crippen molar-refractivity contribution >= 4 is 70.3 Å². The number of carbonyl (C=O) groups is 2. The van der Waals surface area contributed by atoms with Crippen LogP contribution in [0.15, 0.2) is 65.7 Å². The molecular weight excluding hydrogens is 538 g/mol. The fraction of sp³-hybridized carbons (Fsp3) is 0.120. The Morgan fingerprint density at radius 1 is 1.06 bits per heavy atom. The topological polar surface area (TPSA) is 82.4 Å². The van der Waals surface area contributed by atoms with Gasteiger partial charge in [0.25, 0.3) is 5.91 Å². The standard InChI is InChI=1S/C25H17Cl3F3N3O2/c26-11-14-2-1-3-15(8-14)24(36)34-22-7-4-17(27)9-19(22)23(35)16(12-32)13-33-18-5-6-21(28)20(10-18)25(29,30)31/h1-10,12-13,16,32H,11H2,(H,34,36). The minimum absolute atomic E-state index is 0.00335. The van der Waals surface area contributed by atoms with Crippen LogP contribution in [-0.2, 0) is 12.1 Å². The maximum Gasteiger partial charge on any atom is 0.417 e. The number of benzene rings is 3. The average molecular weight is 555 g/mol. The van der Waals surface area contributed by atoms with E-state index in [4.69, 9.17) is 40.2 Å². The van der Waals surface area contributed by atoms with Crippen LogP contribution in [0, 0.1) is 11.3 Å². The van der Waals surface area contributed by atoms with Gasteiger partial charge in [-0.2, -0.15) is 13.2 Å². The molecule has 3 rings (SSSR count). The molecule has 0 aliphatic rings. The molecule has 0 aliphatic carbocycles. The third-order valence-corrected chi connectivity index (χ3v) is 5.83. The zero-order chi connectivity index (χ0) is 26.5. The van der Waals surface area contributed by atoms with Gasteiger partial charge in [0.1, 0.15) is 0 Å². The zero-order valence-corrected chi connectivity index (χ0v) is 20.5. The van der Waals surface area contributed by atoms with Crippen LogP contribution in [0.3, 0.4) is 0 Å². The van der Waals surface area contributed by atoms with Crippen LogP contribution in [0.1, 0.15) is 31.8 Å². The number of nitrogens with one attached hydrogen (secondary N) is 2. The Morgan fingerprint density at radius 2 is 1.81 bits per heavy atom. The van der Waals surface area contributed by atoms with Gasteiger partial charge in [-0.05, 0) is 54.1 Å². The molecule has 3 aromatic rings. The molecule has 0 spiro atoms. The van der Waals surface area contributed by atoms with Gasteiger partial charge in [0.15, 0.2) is 5.78 Å². The van der Waals surface area contributed by atoms with E-state index in [9.17, 15) is 22.8 Å². The quantitative estimate of drug-likeness (QED) is 0.169. The molecule has 1 unspecified atom stereocenters. The van der Waals surface area contributed by atoms with Gasteiger partial charge in [0, 0.05) is 34.5 Å². The Kier molecular flexibility index (Phi) is 8.89. The number of Topliss-reactive ketones (excluding diaryl/α,β-unsaturated/α-hetero) is 1. The van der Waals surface area contributed by atoms with Crippen molar-refractivity contribution in [1.82, 2.24) is 0 Å². The summed E-state index contributed by atoms with van der Waals surface area (Å²) < 4.78 is 39.3. The smallest absolute Gasteiger partial charge is 0.321 e. The van der Waals surface area contributed by atoms with Gasteiger partial charge >= 0.3 is 6.18 Å². The fourth-order valence-corrected chi connectivity index (χ4v) is 3.73. The normalized spacial score (nSPS) is 12.4. The molecule has 0 saturated heterocycles. The molecule has 0 heterocycles. The molecule has 0 aliphatic heterocycles. The summed E-state index contributed by atoms with van der Waals surface area (Å²) in [4.78, 5) is 29.9. The van der Waals surface area contributed by atoms with Crippen molar-refractivity contribution in [2.75, 3.05) is 5.32 Å². The maximum absolute atomic E-state index is 13.2. The summed E-state index contributed by atoms with van der Waals surface area (Å²) in [5.41, 5.74) is -0.00416. The molecule has 0 aromatic heterocycles. The maximum atomic E-state index is 13.2. The second-order valence-electron chi connectivity index (χ2n) is 7.47. The van der Waals surface area contributed by atoms with Crippen molar-refractivity contribution in [3.63, 3.8) is 0 Å². The van der Waals surface area contributed by atoms with E-state index in [0.29, 0.717) is 5.56 Å². The highest BCUT2D eigenvalue weighted by molar-refractivity contribution is 6.32. The predicted octanol–water partition coefficient (Wildman–Crippen LogP) is 7.85. The third kappa shape index (κ3) is 6.72. The molecule has 0 bridgehead atoms. The molecule has 3 aromatic carbocycles. The van der Waals surface area contributed by atoms with E-state index in [2.05, 4.69) is 10.3 Å². The number of aliphatic imine (C=N–C) groups is 1. The van der Waals surface area contributed by atoms with Crippen molar-refractivity contribution in [2.24, 2.45) is 10.9 Å². The number of ketones is 1. The first kappa shape index (κ1) is 27.4. The predicted molar refractivity (Wildman–Crippen MR) is 137 cm³/mol. The van der Waals surface area contributed by atoms with Gasteiger partial charge in [-0.15, -0.1) is 11.6 Å². The summed E-state index contributed by atoms with van der Waals surface area (Å²) in [5.74, 6) is -2.18. The molecule has 0 radical (unpaired) electrons. The fourth-order valence-electron chi connectivity index (χ4n) is 3.16. The zero-order valence-electron chi connectivity index (χ0n) is 18.2. The van der Waals surface area contributed by atoms with Gasteiger partial charge < -0.3 is 10.7 Å². The van der Waals surface area contributed by atoms with Gasteiger partial charge in [-0.1, -0.05) is 35.3 Å². The van der Waals surface area contributed by atoms with Crippen molar-refractivity contribution < 1.29 is 22.8 Å². The number of hydrogen-bond donors (Lipinski definition) is 2. The molecular formula is C25H17Cl3F3N3O2. The van der Waals surface area contributed by atoms with Crippen molar-refractivity contribution in [3.05, 3.63) is 93.0 Å². The highest BCUT2D eigenvalue weighted by atomic mass is 35.5. The number of amides is 1. The molecule has 1 amide bonds. The van der Waals surface area contributed by atoms with Gasteiger partial charge in [0.2, 0.25) is 0 Å². The molecule has 11 heteroatoms. The summed E-state index contributed by atoms with van der Waals surface area (Å²) in [6.07, 6.45) is -2.87. The summed E-state index contributed by atoms with van der Waals surface area (Å²) in [6.45, 7) is 0. The molecule has 36 heavy (non-hydrogen) atoms. The minimum Gasteiger partial charge on any atom is -0.321 e. The van der Waals surface area contributed by atoms with Crippen LogP contribution in [0.25, 0.3) is 0 Å². The van der Waals surface area contributed by atoms with Gasteiger partial charge in [0.05, 0.1) is 27.9 Å². The molecule has 1 atom stereocenters. The molecule has 2 N–H and O–H groups in total. The van der Waals surface area contributed by atoms with Crippen LogP contribution >= 0.6 is 34.8 Å². The number of alkyl halides is 4. The van der Waals surface area contributed by atoms with Crippen molar-refractivity contribution in [1.29, 1.82) is 5.41 Å². The van der Waals surface area contributed by atoms with Crippen LogP contribution in [0.4, 0.5) is 24.5 Å². The van der Waals surface area contributed by atoms with E-state index < -0.39 is 34.4 Å². The Balaban J connectivity index is 1.89. The first-order valence-electron chi connectivity index (χ1n) is 10.2. The summed E-state index contributed by atoms with van der Waals surface area (Å²) >= 11 is 17.5. The molecule has 0 saturated carbocycles. The molecule has 5 nitrogen and oxygen atoms in total. The van der Waals surface area contributed by atoms with Gasteiger partial charge in [-0.25, -0.2) is 0 Å². The lowest BCUT2D eigenvalue weighted by Crippen LogP contribution is -2.21. The second kappa shape index (κ2) is 11.7. The Hall–Kier alpha value is -3.20. The van der Waals surface area contributed by atoms with E-state index in [1.54, 1.807) is 24.3 Å². The van der Waals surface area contributed by atoms with E-state index in [1.165, 1.54) is 24.3 Å². The van der Waals surface area contributed by atoms with E-state index >= 15 is 0 Å². The average Bonchev–Trinajstić information content (AvgIpc) is 2.85. The summed E-state index contributed by atoms with van der Waals surface area (Å²) in [6, 6.07) is 13.9. The first-order chi connectivity index (χ1) is 17.0. The largest absolute Gasteiger partial charge is 0.417 e. The number of halogens is 6. The lowest BCUT2D eigenvalue weighted by Gasteiger charge is -2.13. The van der Waals surface area contributed by atoms with Gasteiger partial charge in [-0.3, -0.25) is 14.6 Å². The summed E-state index contributed by atoms with van der Waals surface area (Å²) in [5, 5.41) is 10.0. The monoisotopic (exact) mass is 553 g/mol. The summed E-state index contributed by atoms with van der Waals surface area (Å²) in [7, 11) is 0. The Morgan fingerprint density at radius 3 is 2.47 bits per heavy atom. The van der Waals surface area contributed by atoms with E-state index in [1.807, 2.05) is 0 Å². The minimum atomic E-state index is -4.68. The number of hydrogen-bond acceptors (Lipinski definition) is 4. The van der Waals surface area contributed by atoms with E-state index in [-0.39, 0.29) is 27.8 Å². The number of carbonyl (C=O) groups excluding carboxylic acids is 2. The second-order valence-corrected chi connectivity index (χ2v) is 8.59. The van der Waals surface area contributed by atoms with Crippen LogP contribution in [0.2, 0.25) is 10.0 Å². The lowest BCUT2D eigenvalue weighted by molar-refractivity contribution is -0.137. The molecule has 0 fully saturated rings. The number of rotatable bonds is 8. The Labute approximate surface area is 219 Å². The first-order valence-corrected chi connectivity index (χ1v) is 11.5. The SMILES string of the molecule is N=CC(C=Nc1ccc(Cl)c(C(F)(F)F)c1)C(=O)c1cc(Cl)ccc1NC(=O)c1cccc(CCl)c1. The van der Waals surface area contributed by atoms with Crippen molar-refractivity contribution in [2.45, 2.75) is 12.1 Å². The third-order valence-electron chi connectivity index (χ3n) is 4.96. The van der Waals surface area contributed by atoms with Crippen molar-refractivity contribution in [3.8, 4) is 0 Å². The van der Waals surface area contributed by atoms with Crippen LogP contribution < -0.4 is 5.32 Å². The Bertz CT molecular complexity index is 1340. The van der Waals surface area contributed by atoms with E-state index in [0.717, 1.165) is 30.1 Å².